The molecule has 0 bridgehead atoms. The number of Topliss-reactive ketones (excluding diaryl/α,β-unsaturated/α-hetero) is 1. The van der Waals surface area contributed by atoms with Crippen LogP contribution in [0.15, 0.2) is 29.6 Å². The third-order valence-corrected chi connectivity index (χ3v) is 4.78. The Labute approximate surface area is 142 Å². The molecule has 6 nitrogen and oxygen atoms in total. The molecule has 1 aromatic carbocycles. The highest BCUT2D eigenvalue weighted by Crippen LogP contribution is 2.36. The van der Waals surface area contributed by atoms with Crippen molar-refractivity contribution in [3.8, 4) is 11.5 Å². The minimum Gasteiger partial charge on any atom is -0.453 e. The molecule has 0 aliphatic carbocycles. The molecule has 0 unspecified atom stereocenters. The number of ether oxygens (including phenoxy) is 2. The van der Waals surface area contributed by atoms with Crippen molar-refractivity contribution >= 4 is 28.6 Å². The lowest BCUT2D eigenvalue weighted by Gasteiger charge is -2.02. The van der Waals surface area contributed by atoms with E-state index in [0.29, 0.717) is 17.1 Å². The van der Waals surface area contributed by atoms with Crippen molar-refractivity contribution in [3.05, 3.63) is 41.2 Å². The summed E-state index contributed by atoms with van der Waals surface area (Å²) in [5, 5.41) is 0.781. The number of aryl methyl sites for hydroxylation is 1. The summed E-state index contributed by atoms with van der Waals surface area (Å²) in [5.41, 5.74) is 4.20. The fourth-order valence-corrected chi connectivity index (χ4v) is 3.54. The van der Waals surface area contributed by atoms with Crippen molar-refractivity contribution in [2.45, 2.75) is 24.8 Å². The summed E-state index contributed by atoms with van der Waals surface area (Å²) < 4.78 is 10.8. The maximum Gasteiger partial charge on any atom is 0.231 e. The van der Waals surface area contributed by atoms with Crippen molar-refractivity contribution in [1.29, 1.82) is 0 Å². The van der Waals surface area contributed by atoms with E-state index in [2.05, 4.69) is 15.0 Å². The molecule has 2 aromatic heterocycles. The summed E-state index contributed by atoms with van der Waals surface area (Å²) in [5.74, 6) is 2.10. The SMILES string of the molecule is CC(=O)c1cc2nc(SCc3nccc4c3OCO4)[nH]c2cc1C. The minimum atomic E-state index is 0.0489. The van der Waals surface area contributed by atoms with Crippen LogP contribution in [0.1, 0.15) is 28.5 Å². The summed E-state index contributed by atoms with van der Waals surface area (Å²) >= 11 is 1.54. The maximum absolute atomic E-state index is 11.7. The van der Waals surface area contributed by atoms with E-state index < -0.39 is 0 Å². The molecule has 0 saturated carbocycles. The number of carbonyl (C=O) groups excluding carboxylic acids is 1. The molecule has 3 aromatic rings. The number of aromatic amines is 1. The molecule has 0 radical (unpaired) electrons. The van der Waals surface area contributed by atoms with Gasteiger partial charge in [0.05, 0.1) is 16.7 Å². The number of hydrogen-bond acceptors (Lipinski definition) is 6. The molecule has 122 valence electrons. The highest BCUT2D eigenvalue weighted by Gasteiger charge is 2.19. The van der Waals surface area contributed by atoms with Gasteiger partial charge in [-0.1, -0.05) is 11.8 Å². The smallest absolute Gasteiger partial charge is 0.231 e. The number of nitrogens with one attached hydrogen (secondary N) is 1. The van der Waals surface area contributed by atoms with E-state index in [9.17, 15) is 4.79 Å². The van der Waals surface area contributed by atoms with Gasteiger partial charge in [-0.15, -0.1) is 0 Å². The van der Waals surface area contributed by atoms with Crippen LogP contribution in [0.2, 0.25) is 0 Å². The molecule has 3 heterocycles. The number of H-pyrrole nitrogens is 1. The number of pyridine rings is 1. The summed E-state index contributed by atoms with van der Waals surface area (Å²) in [6.45, 7) is 3.73. The Morgan fingerprint density at radius 3 is 3.08 bits per heavy atom. The van der Waals surface area contributed by atoms with Crippen molar-refractivity contribution in [2.24, 2.45) is 0 Å². The van der Waals surface area contributed by atoms with Crippen LogP contribution in [0.4, 0.5) is 0 Å². The van der Waals surface area contributed by atoms with E-state index in [4.69, 9.17) is 9.47 Å². The van der Waals surface area contributed by atoms with Gasteiger partial charge in [0.15, 0.2) is 22.4 Å². The molecule has 7 heteroatoms. The Morgan fingerprint density at radius 2 is 2.25 bits per heavy atom. The molecular weight excluding hydrogens is 326 g/mol. The first-order chi connectivity index (χ1) is 11.6. The number of benzene rings is 1. The summed E-state index contributed by atoms with van der Waals surface area (Å²) in [6, 6.07) is 5.59. The largest absolute Gasteiger partial charge is 0.453 e. The van der Waals surface area contributed by atoms with Crippen molar-refractivity contribution in [2.75, 3.05) is 6.79 Å². The van der Waals surface area contributed by atoms with Gasteiger partial charge in [-0.3, -0.25) is 9.78 Å². The van der Waals surface area contributed by atoms with Crippen LogP contribution < -0.4 is 9.47 Å². The molecule has 1 N–H and O–H groups in total. The van der Waals surface area contributed by atoms with E-state index >= 15 is 0 Å². The standard InChI is InChI=1S/C17H15N3O3S/c1-9-5-12-13(6-11(9)10(2)21)20-17(19-12)24-7-14-16-15(3-4-18-14)22-8-23-16/h3-6H,7-8H2,1-2H3,(H,19,20). The number of thioether (sulfide) groups is 1. The first kappa shape index (κ1) is 15.0. The molecule has 0 amide bonds. The van der Waals surface area contributed by atoms with Crippen LogP contribution in [-0.4, -0.2) is 27.5 Å². The van der Waals surface area contributed by atoms with Gasteiger partial charge >= 0.3 is 0 Å². The molecule has 24 heavy (non-hydrogen) atoms. The Bertz CT molecular complexity index is 952. The normalized spacial score (nSPS) is 12.8. The maximum atomic E-state index is 11.7. The van der Waals surface area contributed by atoms with E-state index in [1.54, 1.807) is 19.2 Å². The Kier molecular flexibility index (Phi) is 3.65. The number of rotatable bonds is 4. The van der Waals surface area contributed by atoms with Gasteiger partial charge in [0.2, 0.25) is 6.79 Å². The zero-order valence-electron chi connectivity index (χ0n) is 13.3. The number of fused-ring (bicyclic) bond motifs is 2. The average molecular weight is 341 g/mol. The van der Waals surface area contributed by atoms with E-state index in [1.165, 1.54) is 11.8 Å². The van der Waals surface area contributed by atoms with Crippen molar-refractivity contribution in [3.63, 3.8) is 0 Å². The summed E-state index contributed by atoms with van der Waals surface area (Å²) in [6.07, 6.45) is 1.71. The third kappa shape index (κ3) is 2.60. The highest BCUT2D eigenvalue weighted by atomic mass is 32.2. The predicted octanol–water partition coefficient (Wildman–Crippen LogP) is 3.49. The monoisotopic (exact) mass is 341 g/mol. The van der Waals surface area contributed by atoms with Gasteiger partial charge < -0.3 is 14.5 Å². The van der Waals surface area contributed by atoms with Crippen LogP contribution in [0.3, 0.4) is 0 Å². The van der Waals surface area contributed by atoms with E-state index in [1.807, 2.05) is 19.1 Å². The van der Waals surface area contributed by atoms with Gasteiger partial charge in [0.25, 0.3) is 0 Å². The lowest BCUT2D eigenvalue weighted by molar-refractivity contribution is 0.101. The number of carbonyl (C=O) groups is 1. The fraction of sp³-hybridized carbons (Fsp3) is 0.235. The van der Waals surface area contributed by atoms with Crippen LogP contribution >= 0.6 is 11.8 Å². The number of ketones is 1. The van der Waals surface area contributed by atoms with Gasteiger partial charge in [0.1, 0.15) is 0 Å². The van der Waals surface area contributed by atoms with Crippen LogP contribution in [-0.2, 0) is 5.75 Å². The Morgan fingerprint density at radius 1 is 1.38 bits per heavy atom. The second kappa shape index (κ2) is 5.83. The van der Waals surface area contributed by atoms with Gasteiger partial charge in [0, 0.05) is 23.6 Å². The zero-order valence-corrected chi connectivity index (χ0v) is 14.1. The zero-order chi connectivity index (χ0) is 16.7. The molecule has 0 fully saturated rings. The van der Waals surface area contributed by atoms with Crippen LogP contribution in [0.5, 0.6) is 11.5 Å². The summed E-state index contributed by atoms with van der Waals surface area (Å²) in [4.78, 5) is 23.9. The van der Waals surface area contributed by atoms with Gasteiger partial charge in [-0.25, -0.2) is 4.98 Å². The Balaban J connectivity index is 1.59. The second-order valence-electron chi connectivity index (χ2n) is 5.56. The van der Waals surface area contributed by atoms with Crippen LogP contribution in [0.25, 0.3) is 11.0 Å². The second-order valence-corrected chi connectivity index (χ2v) is 6.53. The molecule has 1 aliphatic rings. The molecular formula is C17H15N3O3S. The average Bonchev–Trinajstić information content (AvgIpc) is 3.17. The lowest BCUT2D eigenvalue weighted by Crippen LogP contribution is -1.95. The van der Waals surface area contributed by atoms with Gasteiger partial charge in [-0.05, 0) is 31.5 Å². The summed E-state index contributed by atoms with van der Waals surface area (Å²) in [7, 11) is 0. The van der Waals surface area contributed by atoms with E-state index in [-0.39, 0.29) is 12.6 Å². The molecule has 0 atom stereocenters. The molecule has 0 spiro atoms. The molecule has 0 saturated heterocycles. The van der Waals surface area contributed by atoms with E-state index in [0.717, 1.165) is 33.2 Å². The van der Waals surface area contributed by atoms with Crippen molar-refractivity contribution in [1.82, 2.24) is 15.0 Å². The highest BCUT2D eigenvalue weighted by molar-refractivity contribution is 7.98. The molecule has 1 aliphatic heterocycles. The van der Waals surface area contributed by atoms with Crippen molar-refractivity contribution < 1.29 is 14.3 Å². The minimum absolute atomic E-state index is 0.0489. The first-order valence-electron chi connectivity index (χ1n) is 7.49. The lowest BCUT2D eigenvalue weighted by atomic mass is 10.0. The van der Waals surface area contributed by atoms with Gasteiger partial charge in [-0.2, -0.15) is 0 Å². The third-order valence-electron chi connectivity index (χ3n) is 3.89. The number of nitrogens with zero attached hydrogens (tertiary/aromatic N) is 2. The number of aromatic nitrogens is 3. The van der Waals surface area contributed by atoms with Crippen LogP contribution in [0, 0.1) is 6.92 Å². The first-order valence-corrected chi connectivity index (χ1v) is 8.48. The Hall–Kier alpha value is -2.54. The topological polar surface area (TPSA) is 77.1 Å². The number of imidazole rings is 1. The fourth-order valence-electron chi connectivity index (χ4n) is 2.72. The number of hydrogen-bond donors (Lipinski definition) is 1. The predicted molar refractivity (Wildman–Crippen MR) is 90.8 cm³/mol. The quantitative estimate of drug-likeness (QED) is 0.578. The molecule has 4 rings (SSSR count).